The van der Waals surface area contributed by atoms with Gasteiger partial charge in [-0.3, -0.25) is 0 Å². The van der Waals surface area contributed by atoms with Crippen LogP contribution in [-0.4, -0.2) is 35.9 Å². The molecule has 2 N–H and O–H groups in total. The van der Waals surface area contributed by atoms with Crippen LogP contribution in [0.15, 0.2) is 41.3 Å². The van der Waals surface area contributed by atoms with E-state index in [1.165, 1.54) is 36.4 Å². The van der Waals surface area contributed by atoms with E-state index in [2.05, 4.69) is 59.0 Å². The van der Waals surface area contributed by atoms with E-state index in [4.69, 9.17) is 19.0 Å². The van der Waals surface area contributed by atoms with Crippen LogP contribution in [0, 0.1) is 17.3 Å². The maximum atomic E-state index is 13.4. The summed E-state index contributed by atoms with van der Waals surface area (Å²) in [6, 6.07) is 10.8. The molecular formula is C32H45NO6SSi. The number of methoxy groups -OCH3 is 1. The van der Waals surface area contributed by atoms with Crippen LogP contribution in [0.2, 0.25) is 18.1 Å². The van der Waals surface area contributed by atoms with Crippen molar-refractivity contribution in [3.8, 4) is 11.5 Å². The lowest BCUT2D eigenvalue weighted by Crippen LogP contribution is -2.45. The summed E-state index contributed by atoms with van der Waals surface area (Å²) in [7, 11) is -4.43. The van der Waals surface area contributed by atoms with Crippen molar-refractivity contribution in [3.63, 3.8) is 0 Å². The summed E-state index contributed by atoms with van der Waals surface area (Å²) in [6.07, 6.45) is 5.81. The molecule has 3 aliphatic carbocycles. The second kappa shape index (κ2) is 10.4. The maximum absolute atomic E-state index is 13.4. The predicted octanol–water partition coefficient (Wildman–Crippen LogP) is 6.81. The van der Waals surface area contributed by atoms with Gasteiger partial charge in [0, 0.05) is 5.41 Å². The molecule has 0 unspecified atom stereocenters. The first-order valence-electron chi connectivity index (χ1n) is 14.8. The summed E-state index contributed by atoms with van der Waals surface area (Å²) in [5, 5.41) is 5.46. The molecule has 2 aromatic rings. The number of nitrogens with two attached hydrogens (primary N) is 1. The van der Waals surface area contributed by atoms with Gasteiger partial charge >= 0.3 is 5.97 Å². The highest BCUT2D eigenvalue weighted by Crippen LogP contribution is 2.61. The highest BCUT2D eigenvalue weighted by molar-refractivity contribution is 7.89. The SMILES string of the molecule is COc1ccc(S(N)(=O)=O)cc1C(=O)O[C@H]1CC[C@H]2[C@@H]3CCc4cc(O[Si](C)(C)C(C)(C)C)ccc4[C@H]3CC[C@]12C. The van der Waals surface area contributed by atoms with E-state index in [0.29, 0.717) is 17.8 Å². The van der Waals surface area contributed by atoms with Gasteiger partial charge in [0.05, 0.1) is 12.0 Å². The summed E-state index contributed by atoms with van der Waals surface area (Å²) in [4.78, 5) is 13.2. The zero-order valence-corrected chi connectivity index (χ0v) is 27.3. The molecule has 0 heterocycles. The average molecular weight is 600 g/mol. The van der Waals surface area contributed by atoms with Crippen molar-refractivity contribution >= 4 is 24.3 Å². The molecule has 2 fully saturated rings. The molecule has 0 amide bonds. The molecule has 9 heteroatoms. The molecule has 3 aliphatic rings. The molecule has 2 saturated carbocycles. The smallest absolute Gasteiger partial charge is 0.342 e. The number of hydrogen-bond donors (Lipinski definition) is 1. The van der Waals surface area contributed by atoms with Crippen molar-refractivity contribution in [2.45, 2.75) is 101 Å². The van der Waals surface area contributed by atoms with Gasteiger partial charge < -0.3 is 13.9 Å². The number of esters is 1. The van der Waals surface area contributed by atoms with E-state index in [1.54, 1.807) is 0 Å². The number of carbonyl (C=O) groups is 1. The third kappa shape index (κ3) is 5.45. The van der Waals surface area contributed by atoms with Crippen molar-refractivity contribution in [1.29, 1.82) is 0 Å². The van der Waals surface area contributed by atoms with Gasteiger partial charge in [0.2, 0.25) is 18.3 Å². The normalized spacial score (nSPS) is 27.8. The molecule has 0 spiro atoms. The number of benzene rings is 2. The first-order valence-corrected chi connectivity index (χ1v) is 19.2. The number of primary sulfonamides is 1. The van der Waals surface area contributed by atoms with Crippen molar-refractivity contribution < 1.29 is 27.1 Å². The van der Waals surface area contributed by atoms with Crippen molar-refractivity contribution in [2.75, 3.05) is 7.11 Å². The van der Waals surface area contributed by atoms with E-state index in [-0.39, 0.29) is 32.8 Å². The van der Waals surface area contributed by atoms with Crippen LogP contribution in [0.5, 0.6) is 11.5 Å². The van der Waals surface area contributed by atoms with Crippen LogP contribution < -0.4 is 14.3 Å². The van der Waals surface area contributed by atoms with Gasteiger partial charge in [-0.1, -0.05) is 33.8 Å². The Morgan fingerprint density at radius 2 is 1.78 bits per heavy atom. The van der Waals surface area contributed by atoms with E-state index < -0.39 is 24.3 Å². The zero-order chi connectivity index (χ0) is 30.0. The summed E-state index contributed by atoms with van der Waals surface area (Å²) >= 11 is 0. The number of carbonyl (C=O) groups excluding carboxylic acids is 1. The molecule has 0 saturated heterocycles. The second-order valence-corrected chi connectivity index (χ2v) is 20.3. The fourth-order valence-corrected chi connectivity index (χ4v) is 8.99. The van der Waals surface area contributed by atoms with Crippen LogP contribution in [0.3, 0.4) is 0 Å². The highest BCUT2D eigenvalue weighted by atomic mass is 32.2. The number of aryl methyl sites for hydroxylation is 1. The van der Waals surface area contributed by atoms with Gasteiger partial charge in [0.1, 0.15) is 23.2 Å². The van der Waals surface area contributed by atoms with Crippen LogP contribution in [0.4, 0.5) is 0 Å². The lowest BCUT2D eigenvalue weighted by Gasteiger charge is -2.50. The minimum Gasteiger partial charge on any atom is -0.543 e. The topological polar surface area (TPSA) is 105 Å². The molecule has 0 aliphatic heterocycles. The fraction of sp³-hybridized carbons (Fsp3) is 0.594. The Morgan fingerprint density at radius 3 is 2.44 bits per heavy atom. The number of rotatable bonds is 6. The van der Waals surface area contributed by atoms with E-state index in [1.807, 2.05) is 0 Å². The quantitative estimate of drug-likeness (QED) is 0.289. The molecule has 41 heavy (non-hydrogen) atoms. The van der Waals surface area contributed by atoms with E-state index >= 15 is 0 Å². The second-order valence-electron chi connectivity index (χ2n) is 14.1. The largest absolute Gasteiger partial charge is 0.543 e. The Hall–Kier alpha value is -2.36. The minimum atomic E-state index is -3.97. The molecular weight excluding hydrogens is 555 g/mol. The lowest BCUT2D eigenvalue weighted by atomic mass is 9.55. The monoisotopic (exact) mass is 599 g/mol. The molecule has 2 aromatic carbocycles. The summed E-state index contributed by atoms with van der Waals surface area (Å²) in [5.41, 5.74) is 2.86. The van der Waals surface area contributed by atoms with E-state index in [9.17, 15) is 13.2 Å². The maximum Gasteiger partial charge on any atom is 0.342 e. The van der Waals surface area contributed by atoms with Crippen LogP contribution in [0.1, 0.15) is 87.2 Å². The number of hydrogen-bond acceptors (Lipinski definition) is 6. The number of fused-ring (bicyclic) bond motifs is 5. The van der Waals surface area contributed by atoms with Crippen molar-refractivity contribution in [2.24, 2.45) is 22.4 Å². The highest BCUT2D eigenvalue weighted by Gasteiger charge is 2.56. The van der Waals surface area contributed by atoms with E-state index in [0.717, 1.165) is 44.3 Å². The van der Waals surface area contributed by atoms with Gasteiger partial charge in [-0.15, -0.1) is 0 Å². The van der Waals surface area contributed by atoms with Gasteiger partial charge in [-0.05, 0) is 116 Å². The molecule has 7 nitrogen and oxygen atoms in total. The predicted molar refractivity (Wildman–Crippen MR) is 162 cm³/mol. The molecule has 0 radical (unpaired) electrons. The first-order chi connectivity index (χ1) is 19.0. The lowest BCUT2D eigenvalue weighted by molar-refractivity contribution is -0.0429. The molecule has 5 rings (SSSR count). The van der Waals surface area contributed by atoms with Crippen molar-refractivity contribution in [1.82, 2.24) is 0 Å². The summed E-state index contributed by atoms with van der Waals surface area (Å²) in [5.74, 6) is 2.24. The molecule has 224 valence electrons. The number of ether oxygens (including phenoxy) is 2. The molecule has 0 aromatic heterocycles. The van der Waals surface area contributed by atoms with Gasteiger partial charge in [-0.2, -0.15) is 0 Å². The third-order valence-corrected chi connectivity index (χ3v) is 16.0. The van der Waals surface area contributed by atoms with Gasteiger partial charge in [-0.25, -0.2) is 18.4 Å². The zero-order valence-electron chi connectivity index (χ0n) is 25.5. The summed E-state index contributed by atoms with van der Waals surface area (Å²) in [6.45, 7) is 13.7. The van der Waals surface area contributed by atoms with Crippen LogP contribution in [-0.2, 0) is 21.2 Å². The Labute approximate surface area is 246 Å². The first kappa shape index (κ1) is 30.1. The van der Waals surface area contributed by atoms with Crippen LogP contribution >= 0.6 is 0 Å². The Morgan fingerprint density at radius 1 is 1.05 bits per heavy atom. The molecule has 0 bridgehead atoms. The molecule has 5 atom stereocenters. The Bertz CT molecular complexity index is 1450. The number of sulfonamides is 1. The van der Waals surface area contributed by atoms with Gasteiger partial charge in [0.15, 0.2) is 0 Å². The minimum absolute atomic E-state index is 0.0853. The fourth-order valence-electron chi connectivity index (χ4n) is 7.43. The third-order valence-electron chi connectivity index (χ3n) is 10.8. The van der Waals surface area contributed by atoms with Crippen LogP contribution in [0.25, 0.3) is 0 Å². The van der Waals surface area contributed by atoms with Gasteiger partial charge in [0.25, 0.3) is 0 Å². The Balaban J connectivity index is 1.33. The Kier molecular flexibility index (Phi) is 7.65. The average Bonchev–Trinajstić information content (AvgIpc) is 3.22. The standard InChI is InChI=1S/C32H45NO6SSi/c1-31(2,3)41(6,7)39-21-9-12-23-20(18-21)8-11-25-24(23)16-17-32(4)27(25)13-15-29(32)38-30(34)26-19-22(40(33,35)36)10-14-28(26)37-5/h9-10,12,14,18-19,24-25,27,29H,8,11,13,15-17H2,1-7H3,(H2,33,35,36)/t24-,25-,27+,29+,32+/m1/s1. The summed E-state index contributed by atoms with van der Waals surface area (Å²) < 4.78 is 41.9. The van der Waals surface area contributed by atoms with Crippen molar-refractivity contribution in [3.05, 3.63) is 53.1 Å².